The molecule has 0 radical (unpaired) electrons. The maximum atomic E-state index is 5.90. The molecule has 0 saturated heterocycles. The van der Waals surface area contributed by atoms with E-state index in [0.717, 1.165) is 6.54 Å². The van der Waals surface area contributed by atoms with Crippen LogP contribution < -0.4 is 0 Å². The Labute approximate surface area is 97.7 Å². The van der Waals surface area contributed by atoms with E-state index in [1.807, 2.05) is 4.57 Å². The standard InChI is InChI=1S/C10H12ClN3S/c1-10(2,8-4-3-5-15-8)6-14-7-12-13-9(14)11/h3-5,7H,6H2,1-2H3. The van der Waals surface area contributed by atoms with Crippen molar-refractivity contribution in [3.63, 3.8) is 0 Å². The second-order valence-electron chi connectivity index (χ2n) is 4.09. The molecule has 5 heteroatoms. The van der Waals surface area contributed by atoms with E-state index in [4.69, 9.17) is 11.6 Å². The number of halogens is 1. The molecule has 3 nitrogen and oxygen atoms in total. The molecule has 2 aromatic heterocycles. The first-order valence-corrected chi connectivity index (χ1v) is 5.93. The summed E-state index contributed by atoms with van der Waals surface area (Å²) in [6.45, 7) is 5.17. The largest absolute Gasteiger partial charge is 0.303 e. The third-order valence-electron chi connectivity index (χ3n) is 2.32. The molecule has 0 spiro atoms. The monoisotopic (exact) mass is 241 g/mol. The average molecular weight is 242 g/mol. The quantitative estimate of drug-likeness (QED) is 0.827. The van der Waals surface area contributed by atoms with E-state index in [9.17, 15) is 0 Å². The number of nitrogens with zero attached hydrogens (tertiary/aromatic N) is 3. The van der Waals surface area contributed by atoms with Crippen LogP contribution in [0.2, 0.25) is 5.28 Å². The lowest BCUT2D eigenvalue weighted by Crippen LogP contribution is -2.23. The van der Waals surface area contributed by atoms with Gasteiger partial charge in [0, 0.05) is 16.8 Å². The van der Waals surface area contributed by atoms with Crippen LogP contribution in [0.5, 0.6) is 0 Å². The number of hydrogen-bond acceptors (Lipinski definition) is 3. The first-order chi connectivity index (χ1) is 7.09. The molecule has 0 fully saturated rings. The van der Waals surface area contributed by atoms with Crippen LogP contribution in [0.1, 0.15) is 18.7 Å². The van der Waals surface area contributed by atoms with Gasteiger partial charge >= 0.3 is 0 Å². The maximum absolute atomic E-state index is 5.90. The molecule has 0 aliphatic rings. The second-order valence-corrected chi connectivity index (χ2v) is 5.37. The second kappa shape index (κ2) is 3.94. The normalized spacial score (nSPS) is 11.9. The van der Waals surface area contributed by atoms with Crippen molar-refractivity contribution in [1.82, 2.24) is 14.8 Å². The summed E-state index contributed by atoms with van der Waals surface area (Å²) in [7, 11) is 0. The SMILES string of the molecule is CC(C)(Cn1cnnc1Cl)c1cccs1. The summed E-state index contributed by atoms with van der Waals surface area (Å²) in [5.74, 6) is 0. The van der Waals surface area contributed by atoms with Gasteiger partial charge in [-0.05, 0) is 23.0 Å². The first-order valence-electron chi connectivity index (χ1n) is 4.67. The van der Waals surface area contributed by atoms with Crippen molar-refractivity contribution in [2.24, 2.45) is 0 Å². The number of thiophene rings is 1. The summed E-state index contributed by atoms with van der Waals surface area (Å²) >= 11 is 7.66. The van der Waals surface area contributed by atoms with Crippen molar-refractivity contribution >= 4 is 22.9 Å². The van der Waals surface area contributed by atoms with Crippen molar-refractivity contribution in [3.05, 3.63) is 34.0 Å². The molecule has 0 aliphatic heterocycles. The minimum absolute atomic E-state index is 0.0557. The molecule has 0 unspecified atom stereocenters. The van der Waals surface area contributed by atoms with E-state index < -0.39 is 0 Å². The van der Waals surface area contributed by atoms with Gasteiger partial charge in [-0.1, -0.05) is 19.9 Å². The van der Waals surface area contributed by atoms with E-state index >= 15 is 0 Å². The Hall–Kier alpha value is -0.870. The van der Waals surface area contributed by atoms with Crippen molar-refractivity contribution < 1.29 is 0 Å². The smallest absolute Gasteiger partial charge is 0.224 e. The fraction of sp³-hybridized carbons (Fsp3) is 0.400. The van der Waals surface area contributed by atoms with E-state index in [1.54, 1.807) is 17.7 Å². The third kappa shape index (κ3) is 2.21. The lowest BCUT2D eigenvalue weighted by atomic mass is 9.91. The fourth-order valence-electron chi connectivity index (χ4n) is 1.51. The van der Waals surface area contributed by atoms with Crippen LogP contribution in [0, 0.1) is 0 Å². The van der Waals surface area contributed by atoms with Gasteiger partial charge in [-0.2, -0.15) is 0 Å². The van der Waals surface area contributed by atoms with E-state index in [1.165, 1.54) is 4.88 Å². The topological polar surface area (TPSA) is 30.7 Å². The highest BCUT2D eigenvalue weighted by atomic mass is 35.5. The lowest BCUT2D eigenvalue weighted by Gasteiger charge is -2.23. The van der Waals surface area contributed by atoms with Gasteiger partial charge in [-0.25, -0.2) is 0 Å². The molecule has 0 aromatic carbocycles. The van der Waals surface area contributed by atoms with E-state index in [-0.39, 0.29) is 5.41 Å². The van der Waals surface area contributed by atoms with Crippen LogP contribution in [0.25, 0.3) is 0 Å². The van der Waals surface area contributed by atoms with Gasteiger partial charge in [-0.3, -0.25) is 0 Å². The van der Waals surface area contributed by atoms with Crippen LogP contribution in [0.3, 0.4) is 0 Å². The Bertz CT molecular complexity index is 433. The van der Waals surface area contributed by atoms with Gasteiger partial charge in [0.2, 0.25) is 5.28 Å². The zero-order valence-electron chi connectivity index (χ0n) is 8.64. The lowest BCUT2D eigenvalue weighted by molar-refractivity contribution is 0.442. The van der Waals surface area contributed by atoms with Crippen LogP contribution in [-0.4, -0.2) is 14.8 Å². The predicted octanol–water partition coefficient (Wildman–Crippen LogP) is 2.97. The third-order valence-corrected chi connectivity index (χ3v) is 3.85. The Morgan fingerprint density at radius 2 is 2.33 bits per heavy atom. The summed E-state index contributed by atoms with van der Waals surface area (Å²) in [6.07, 6.45) is 1.66. The predicted molar refractivity (Wildman–Crippen MR) is 62.4 cm³/mol. The molecule has 2 rings (SSSR count). The fourth-order valence-corrected chi connectivity index (χ4v) is 2.51. The summed E-state index contributed by atoms with van der Waals surface area (Å²) in [4.78, 5) is 1.34. The van der Waals surface area contributed by atoms with Gasteiger partial charge in [-0.15, -0.1) is 21.5 Å². The van der Waals surface area contributed by atoms with Gasteiger partial charge in [0.15, 0.2) is 0 Å². The summed E-state index contributed by atoms with van der Waals surface area (Å²) < 4.78 is 1.86. The summed E-state index contributed by atoms with van der Waals surface area (Å²) in [5.41, 5.74) is 0.0557. The average Bonchev–Trinajstić information content (AvgIpc) is 2.77. The van der Waals surface area contributed by atoms with Gasteiger partial charge in [0.1, 0.15) is 6.33 Å². The zero-order valence-corrected chi connectivity index (χ0v) is 10.2. The highest BCUT2D eigenvalue weighted by molar-refractivity contribution is 7.10. The number of rotatable bonds is 3. The van der Waals surface area contributed by atoms with Gasteiger partial charge < -0.3 is 4.57 Å². The van der Waals surface area contributed by atoms with Crippen LogP contribution in [0.4, 0.5) is 0 Å². The van der Waals surface area contributed by atoms with Crippen LogP contribution in [0.15, 0.2) is 23.8 Å². The molecule has 2 heterocycles. The highest BCUT2D eigenvalue weighted by Gasteiger charge is 2.23. The zero-order chi connectivity index (χ0) is 10.9. The Kier molecular flexibility index (Phi) is 2.80. The molecule has 15 heavy (non-hydrogen) atoms. The molecule has 0 amide bonds. The molecule has 0 aliphatic carbocycles. The van der Waals surface area contributed by atoms with Crippen molar-refractivity contribution in [3.8, 4) is 0 Å². The molecular weight excluding hydrogens is 230 g/mol. The Morgan fingerprint density at radius 1 is 1.53 bits per heavy atom. The van der Waals surface area contributed by atoms with Crippen LogP contribution in [-0.2, 0) is 12.0 Å². The van der Waals surface area contributed by atoms with Crippen LogP contribution >= 0.6 is 22.9 Å². The molecule has 0 N–H and O–H groups in total. The van der Waals surface area contributed by atoms with Crippen molar-refractivity contribution in [2.75, 3.05) is 0 Å². The molecular formula is C10H12ClN3S. The number of hydrogen-bond donors (Lipinski definition) is 0. The van der Waals surface area contributed by atoms with Gasteiger partial charge in [0.25, 0.3) is 0 Å². The van der Waals surface area contributed by atoms with Gasteiger partial charge in [0.05, 0.1) is 0 Å². The molecule has 0 bridgehead atoms. The first kappa shape index (κ1) is 10.6. The highest BCUT2D eigenvalue weighted by Crippen LogP contribution is 2.29. The van der Waals surface area contributed by atoms with E-state index in [0.29, 0.717) is 5.28 Å². The minimum Gasteiger partial charge on any atom is -0.303 e. The number of aromatic nitrogens is 3. The molecule has 0 atom stereocenters. The molecule has 0 saturated carbocycles. The summed E-state index contributed by atoms with van der Waals surface area (Å²) in [6, 6.07) is 4.21. The minimum atomic E-state index is 0.0557. The van der Waals surface area contributed by atoms with Crippen molar-refractivity contribution in [2.45, 2.75) is 25.8 Å². The molecule has 2 aromatic rings. The maximum Gasteiger partial charge on any atom is 0.224 e. The van der Waals surface area contributed by atoms with Crippen molar-refractivity contribution in [1.29, 1.82) is 0 Å². The Morgan fingerprint density at radius 3 is 2.87 bits per heavy atom. The Balaban J connectivity index is 2.22. The summed E-state index contributed by atoms with van der Waals surface area (Å²) in [5, 5.41) is 10.1. The van der Waals surface area contributed by atoms with E-state index in [2.05, 4.69) is 41.6 Å². The molecule has 80 valence electrons.